The fourth-order valence-electron chi connectivity index (χ4n) is 7.74. The van der Waals surface area contributed by atoms with Crippen LogP contribution < -0.4 is 9.80 Å². The molecule has 2 aliphatic rings. The van der Waals surface area contributed by atoms with E-state index in [2.05, 4.69) is 217 Å². The third kappa shape index (κ3) is 7.07. The van der Waals surface area contributed by atoms with Crippen molar-refractivity contribution >= 4 is 27.8 Å². The van der Waals surface area contributed by atoms with Crippen molar-refractivity contribution in [2.75, 3.05) is 9.80 Å². The molecule has 0 aromatic heterocycles. The Morgan fingerprint density at radius 1 is 0.630 bits per heavy atom. The quantitative estimate of drug-likeness (QED) is 0.139. The van der Waals surface area contributed by atoms with Gasteiger partial charge >= 0.3 is 0 Å². The fourth-order valence-corrected chi connectivity index (χ4v) is 7.74. The number of benzene rings is 6. The molecule has 0 bridgehead atoms. The van der Waals surface area contributed by atoms with Crippen LogP contribution in [0.3, 0.4) is 0 Å². The van der Waals surface area contributed by atoms with Crippen LogP contribution in [0.2, 0.25) is 0 Å². The first-order valence-electron chi connectivity index (χ1n) is 18.8. The van der Waals surface area contributed by atoms with Gasteiger partial charge in [0.2, 0.25) is 0 Å². The van der Waals surface area contributed by atoms with Gasteiger partial charge in [-0.15, -0.1) is 0 Å². The monoisotopic (exact) mass is 696 g/mol. The second-order valence-corrected chi connectivity index (χ2v) is 13.7. The molecule has 0 amide bonds. The van der Waals surface area contributed by atoms with Gasteiger partial charge in [-0.1, -0.05) is 177 Å². The van der Waals surface area contributed by atoms with Crippen molar-refractivity contribution in [3.8, 4) is 22.3 Å². The molecular formula is C52H44N2. The lowest BCUT2D eigenvalue weighted by Crippen LogP contribution is -2.36. The first-order valence-corrected chi connectivity index (χ1v) is 18.8. The predicted molar refractivity (Wildman–Crippen MR) is 232 cm³/mol. The summed E-state index contributed by atoms with van der Waals surface area (Å²) in [7, 11) is 0. The fraction of sp³-hybridized carbons (Fsp3) is 0.0769. The smallest absolute Gasteiger partial charge is 0.0795 e. The molecule has 262 valence electrons. The van der Waals surface area contributed by atoms with E-state index in [-0.39, 0.29) is 6.04 Å². The lowest BCUT2D eigenvalue weighted by molar-refractivity contribution is 0.839. The van der Waals surface area contributed by atoms with Crippen LogP contribution in [0.15, 0.2) is 230 Å². The highest BCUT2D eigenvalue weighted by molar-refractivity contribution is 5.97. The van der Waals surface area contributed by atoms with Crippen LogP contribution in [0.1, 0.15) is 18.4 Å². The van der Waals surface area contributed by atoms with Crippen molar-refractivity contribution in [1.82, 2.24) is 0 Å². The largest absolute Gasteiger partial charge is 0.330 e. The lowest BCUT2D eigenvalue weighted by atomic mass is 9.91. The van der Waals surface area contributed by atoms with Gasteiger partial charge in [-0.25, -0.2) is 0 Å². The summed E-state index contributed by atoms with van der Waals surface area (Å²) in [5.41, 5.74) is 12.7. The Morgan fingerprint density at radius 3 is 2.09 bits per heavy atom. The molecule has 6 aromatic carbocycles. The molecule has 0 spiro atoms. The second-order valence-electron chi connectivity index (χ2n) is 13.7. The van der Waals surface area contributed by atoms with Crippen LogP contribution in [0.4, 0.5) is 17.1 Å². The Kier molecular flexibility index (Phi) is 10.2. The molecule has 0 fully saturated rings. The van der Waals surface area contributed by atoms with E-state index in [1.165, 1.54) is 44.2 Å². The van der Waals surface area contributed by atoms with E-state index < -0.39 is 0 Å². The van der Waals surface area contributed by atoms with Crippen LogP contribution >= 0.6 is 0 Å². The van der Waals surface area contributed by atoms with Crippen molar-refractivity contribution in [3.05, 3.63) is 236 Å². The summed E-state index contributed by atoms with van der Waals surface area (Å²) in [5.74, 6) is 0. The molecule has 8 rings (SSSR count). The topological polar surface area (TPSA) is 6.48 Å². The third-order valence-electron chi connectivity index (χ3n) is 10.3. The maximum absolute atomic E-state index is 4.62. The van der Waals surface area contributed by atoms with Crippen LogP contribution in [0.5, 0.6) is 0 Å². The first-order chi connectivity index (χ1) is 26.7. The summed E-state index contributed by atoms with van der Waals surface area (Å²) in [5, 5.41) is 2.50. The Hall–Kier alpha value is -6.64. The molecule has 1 aliphatic heterocycles. The number of rotatable bonds is 9. The maximum Gasteiger partial charge on any atom is 0.0795 e. The lowest BCUT2D eigenvalue weighted by Gasteiger charge is -2.39. The van der Waals surface area contributed by atoms with Crippen LogP contribution in [0.25, 0.3) is 33.0 Å². The van der Waals surface area contributed by atoms with Gasteiger partial charge in [0.1, 0.15) is 0 Å². The Balaban J connectivity index is 1.27. The SMILES string of the molecule is C=CC=CC(C1=CCCC=C1N1C(=C)/C=C\C=C/Cc2ccccc21)N(c1ccc(-c2ccccc2)cc1)c1ccc(-c2cccc3ccccc23)cc1. The van der Waals surface area contributed by atoms with E-state index in [1.54, 1.807) is 0 Å². The van der Waals surface area contributed by atoms with Crippen molar-refractivity contribution in [1.29, 1.82) is 0 Å². The van der Waals surface area contributed by atoms with Crippen molar-refractivity contribution in [2.45, 2.75) is 25.3 Å². The molecule has 0 saturated carbocycles. The normalized spacial score (nSPS) is 16.0. The molecule has 0 saturated heterocycles. The molecule has 2 nitrogen and oxygen atoms in total. The van der Waals surface area contributed by atoms with E-state index in [0.717, 1.165) is 47.7 Å². The van der Waals surface area contributed by atoms with E-state index in [0.29, 0.717) is 0 Å². The van der Waals surface area contributed by atoms with Gasteiger partial charge in [-0.3, -0.25) is 0 Å². The van der Waals surface area contributed by atoms with E-state index >= 15 is 0 Å². The summed E-state index contributed by atoms with van der Waals surface area (Å²) < 4.78 is 0. The van der Waals surface area contributed by atoms with Gasteiger partial charge in [0.25, 0.3) is 0 Å². The number of hydrogen-bond donors (Lipinski definition) is 0. The molecule has 2 heteroatoms. The zero-order valence-corrected chi connectivity index (χ0v) is 30.6. The summed E-state index contributed by atoms with van der Waals surface area (Å²) >= 11 is 0. The molecule has 1 aliphatic carbocycles. The summed E-state index contributed by atoms with van der Waals surface area (Å²) in [6.07, 6.45) is 22.4. The first kappa shape index (κ1) is 34.4. The molecule has 0 N–H and O–H groups in total. The van der Waals surface area contributed by atoms with E-state index in [1.807, 2.05) is 6.08 Å². The van der Waals surface area contributed by atoms with Gasteiger partial charge in [0.15, 0.2) is 0 Å². The van der Waals surface area contributed by atoms with E-state index in [9.17, 15) is 0 Å². The molecule has 6 aromatic rings. The number of hydrogen-bond acceptors (Lipinski definition) is 2. The standard InChI is InChI=1S/C52H44N2/c1-3-4-28-52(49-26-14-16-30-51(49)53-39(2)18-7-5-10-22-44-23-12-15-29-50(44)53)54(45-35-31-41(32-36-45)40-19-8-6-9-20-40)46-37-33-43(34-38-46)48-27-17-24-42-21-11-13-25-47(42)48/h3-13,15,17-21,23-38,52H,1-2,14,16,22H2/b10-5-,18-7-,28-4?. The van der Waals surface area contributed by atoms with Crippen molar-refractivity contribution in [3.63, 3.8) is 0 Å². The Morgan fingerprint density at radius 2 is 1.30 bits per heavy atom. The predicted octanol–water partition coefficient (Wildman–Crippen LogP) is 13.7. The molecule has 1 atom stereocenters. The van der Waals surface area contributed by atoms with Gasteiger partial charge in [-0.2, -0.15) is 0 Å². The molecule has 1 heterocycles. The highest BCUT2D eigenvalue weighted by Crippen LogP contribution is 2.41. The highest BCUT2D eigenvalue weighted by Gasteiger charge is 2.30. The van der Waals surface area contributed by atoms with Gasteiger partial charge < -0.3 is 9.80 Å². The van der Waals surface area contributed by atoms with Crippen LogP contribution in [-0.4, -0.2) is 6.04 Å². The molecular weight excluding hydrogens is 653 g/mol. The summed E-state index contributed by atoms with van der Waals surface area (Å²) in [6.45, 7) is 8.72. The minimum Gasteiger partial charge on any atom is -0.330 e. The number of nitrogens with zero attached hydrogens (tertiary/aromatic N) is 2. The van der Waals surface area contributed by atoms with Crippen molar-refractivity contribution in [2.24, 2.45) is 0 Å². The Labute approximate surface area is 320 Å². The molecule has 1 unspecified atom stereocenters. The average molecular weight is 697 g/mol. The maximum atomic E-state index is 4.62. The minimum absolute atomic E-state index is 0.157. The molecule has 0 radical (unpaired) electrons. The van der Waals surface area contributed by atoms with Gasteiger partial charge in [0, 0.05) is 28.5 Å². The van der Waals surface area contributed by atoms with Crippen molar-refractivity contribution < 1.29 is 0 Å². The van der Waals surface area contributed by atoms with Crippen LogP contribution in [-0.2, 0) is 6.42 Å². The summed E-state index contributed by atoms with van der Waals surface area (Å²) in [4.78, 5) is 4.83. The zero-order valence-electron chi connectivity index (χ0n) is 30.6. The minimum atomic E-state index is -0.157. The zero-order chi connectivity index (χ0) is 36.7. The third-order valence-corrected chi connectivity index (χ3v) is 10.3. The van der Waals surface area contributed by atoms with Gasteiger partial charge in [-0.05, 0) is 99.8 Å². The number of allylic oxidation sites excluding steroid dienone is 8. The second kappa shape index (κ2) is 15.9. The number of para-hydroxylation sites is 1. The van der Waals surface area contributed by atoms with Gasteiger partial charge in [0.05, 0.1) is 6.04 Å². The van der Waals surface area contributed by atoms with Crippen LogP contribution in [0, 0.1) is 0 Å². The average Bonchev–Trinajstić information content (AvgIpc) is 3.31. The highest BCUT2D eigenvalue weighted by atomic mass is 15.2. The Bertz CT molecular complexity index is 2430. The number of anilines is 3. The van der Waals surface area contributed by atoms with E-state index in [4.69, 9.17) is 0 Å². The molecule has 54 heavy (non-hydrogen) atoms. The summed E-state index contributed by atoms with van der Waals surface area (Å²) in [6, 6.07) is 52.3. The number of fused-ring (bicyclic) bond motifs is 2.